The van der Waals surface area contributed by atoms with Crippen molar-refractivity contribution in [2.24, 2.45) is 11.5 Å². The van der Waals surface area contributed by atoms with Crippen molar-refractivity contribution in [1.29, 1.82) is 0 Å². The molecule has 4 N–H and O–H groups in total. The van der Waals surface area contributed by atoms with Gasteiger partial charge in [-0.2, -0.15) is 0 Å². The molecule has 0 spiro atoms. The summed E-state index contributed by atoms with van der Waals surface area (Å²) in [5.41, 5.74) is 10.6. The number of ketones is 1. The molecule has 0 radical (unpaired) electrons. The fraction of sp³-hybridized carbons (Fsp3) is 0.286. The van der Waals surface area contributed by atoms with E-state index in [0.717, 1.165) is 0 Å². The Morgan fingerprint density at radius 1 is 1.20 bits per heavy atom. The van der Waals surface area contributed by atoms with E-state index in [-0.39, 0.29) is 5.78 Å². The van der Waals surface area contributed by atoms with Crippen LogP contribution in [-0.2, 0) is 4.79 Å². The fourth-order valence-electron chi connectivity index (χ4n) is 0.455. The maximum Gasteiger partial charge on any atom is 0.173 e. The molecule has 10 heavy (non-hydrogen) atoms. The average Bonchev–Trinajstić information content (AvgIpc) is 2.00. The highest BCUT2D eigenvalue weighted by molar-refractivity contribution is 5.91. The summed E-state index contributed by atoms with van der Waals surface area (Å²) in [6.07, 6.45) is 2.71. The number of hydrogen-bond acceptors (Lipinski definition) is 3. The van der Waals surface area contributed by atoms with Crippen LogP contribution in [0.15, 0.2) is 25.3 Å². The molecule has 0 saturated heterocycles. The van der Waals surface area contributed by atoms with E-state index in [1.807, 2.05) is 0 Å². The second-order valence-corrected chi connectivity index (χ2v) is 1.93. The molecule has 0 heterocycles. The summed E-state index contributed by atoms with van der Waals surface area (Å²) in [6.45, 7) is 6.73. The van der Waals surface area contributed by atoms with E-state index in [1.165, 1.54) is 12.2 Å². The predicted octanol–water partition coefficient (Wildman–Crippen LogP) is -0.418. The predicted molar refractivity (Wildman–Crippen MR) is 41.4 cm³/mol. The zero-order valence-corrected chi connectivity index (χ0v) is 5.79. The lowest BCUT2D eigenvalue weighted by atomic mass is 10.1. The second kappa shape index (κ2) is 3.98. The van der Waals surface area contributed by atoms with Gasteiger partial charge in [0.25, 0.3) is 0 Å². The fourth-order valence-corrected chi connectivity index (χ4v) is 0.455. The highest BCUT2D eigenvalue weighted by Crippen LogP contribution is 1.89. The van der Waals surface area contributed by atoms with Gasteiger partial charge < -0.3 is 11.5 Å². The number of Topliss-reactive ketones (excluding diaryl/α,β-unsaturated/α-hetero) is 1. The molecule has 2 atom stereocenters. The highest BCUT2D eigenvalue weighted by atomic mass is 16.1. The van der Waals surface area contributed by atoms with Crippen LogP contribution in [0, 0.1) is 0 Å². The highest BCUT2D eigenvalue weighted by Gasteiger charge is 2.14. The van der Waals surface area contributed by atoms with Crippen molar-refractivity contribution in [3.63, 3.8) is 0 Å². The maximum absolute atomic E-state index is 10.9. The molecule has 0 aliphatic carbocycles. The van der Waals surface area contributed by atoms with E-state index in [4.69, 9.17) is 11.5 Å². The molecule has 3 heteroatoms. The molecule has 0 aromatic carbocycles. The Bertz CT molecular complexity index is 138. The van der Waals surface area contributed by atoms with Crippen LogP contribution < -0.4 is 11.5 Å². The van der Waals surface area contributed by atoms with Gasteiger partial charge in [-0.3, -0.25) is 4.79 Å². The molecule has 0 aliphatic heterocycles. The third-order valence-electron chi connectivity index (χ3n) is 1.16. The van der Waals surface area contributed by atoms with Crippen molar-refractivity contribution >= 4 is 5.78 Å². The zero-order valence-electron chi connectivity index (χ0n) is 5.79. The quantitative estimate of drug-likeness (QED) is 0.521. The molecule has 0 aromatic heterocycles. The smallest absolute Gasteiger partial charge is 0.173 e. The van der Waals surface area contributed by atoms with Crippen LogP contribution in [0.25, 0.3) is 0 Å². The molecule has 0 amide bonds. The lowest BCUT2D eigenvalue weighted by Crippen LogP contribution is -2.40. The van der Waals surface area contributed by atoms with Gasteiger partial charge in [-0.1, -0.05) is 12.2 Å². The largest absolute Gasteiger partial charge is 0.318 e. The van der Waals surface area contributed by atoms with Crippen LogP contribution >= 0.6 is 0 Å². The van der Waals surface area contributed by atoms with E-state index in [1.54, 1.807) is 0 Å². The minimum Gasteiger partial charge on any atom is -0.318 e. The Balaban J connectivity index is 4.06. The topological polar surface area (TPSA) is 69.1 Å². The minimum absolute atomic E-state index is 0.259. The zero-order chi connectivity index (χ0) is 8.15. The summed E-state index contributed by atoms with van der Waals surface area (Å²) >= 11 is 0. The van der Waals surface area contributed by atoms with Gasteiger partial charge in [0.2, 0.25) is 0 Å². The van der Waals surface area contributed by atoms with Gasteiger partial charge in [0, 0.05) is 0 Å². The maximum atomic E-state index is 10.9. The second-order valence-electron chi connectivity index (χ2n) is 1.93. The molecular weight excluding hydrogens is 128 g/mol. The van der Waals surface area contributed by atoms with Gasteiger partial charge >= 0.3 is 0 Å². The molecule has 0 aromatic rings. The normalized spacial score (nSPS) is 15.4. The van der Waals surface area contributed by atoms with Crippen molar-refractivity contribution in [2.75, 3.05) is 0 Å². The molecule has 3 nitrogen and oxygen atoms in total. The van der Waals surface area contributed by atoms with Crippen LogP contribution in [0.2, 0.25) is 0 Å². The third-order valence-corrected chi connectivity index (χ3v) is 1.16. The van der Waals surface area contributed by atoms with E-state index in [9.17, 15) is 4.79 Å². The third kappa shape index (κ3) is 2.13. The van der Waals surface area contributed by atoms with Gasteiger partial charge in [-0.15, -0.1) is 13.2 Å². The summed E-state index contributed by atoms with van der Waals surface area (Å²) in [4.78, 5) is 10.9. The van der Waals surface area contributed by atoms with E-state index >= 15 is 0 Å². The standard InChI is InChI=1S/C7H12N2O/c1-3-5(8)7(10)6(9)4-2/h3-6H,1-2,8-9H2. The Morgan fingerprint density at radius 2 is 1.50 bits per heavy atom. The lowest BCUT2D eigenvalue weighted by Gasteiger charge is -2.07. The van der Waals surface area contributed by atoms with Gasteiger partial charge in [0.1, 0.15) is 0 Å². The van der Waals surface area contributed by atoms with Gasteiger partial charge in [0.15, 0.2) is 5.78 Å². The number of nitrogens with two attached hydrogens (primary N) is 2. The molecule has 0 aliphatic rings. The Kier molecular flexibility index (Phi) is 3.61. The van der Waals surface area contributed by atoms with Crippen LogP contribution in [-0.4, -0.2) is 17.9 Å². The molecule has 0 rings (SSSR count). The molecule has 0 bridgehead atoms. The first-order chi connectivity index (χ1) is 4.63. The Labute approximate surface area is 60.4 Å². The molecule has 0 fully saturated rings. The van der Waals surface area contributed by atoms with E-state index in [2.05, 4.69) is 13.2 Å². The van der Waals surface area contributed by atoms with Gasteiger partial charge in [-0.05, 0) is 0 Å². The minimum atomic E-state index is -0.673. The monoisotopic (exact) mass is 140 g/mol. The Hall–Kier alpha value is -0.930. The summed E-state index contributed by atoms with van der Waals surface area (Å²) in [5.74, 6) is -0.259. The first-order valence-corrected chi connectivity index (χ1v) is 2.93. The van der Waals surface area contributed by atoms with Crippen LogP contribution in [0.3, 0.4) is 0 Å². The lowest BCUT2D eigenvalue weighted by molar-refractivity contribution is -0.119. The van der Waals surface area contributed by atoms with Crippen LogP contribution in [0.4, 0.5) is 0 Å². The van der Waals surface area contributed by atoms with Gasteiger partial charge in [0.05, 0.1) is 12.1 Å². The number of carbonyl (C=O) groups excluding carboxylic acids is 1. The van der Waals surface area contributed by atoms with E-state index in [0.29, 0.717) is 0 Å². The van der Waals surface area contributed by atoms with Crippen LogP contribution in [0.1, 0.15) is 0 Å². The van der Waals surface area contributed by atoms with Crippen molar-refractivity contribution in [2.45, 2.75) is 12.1 Å². The molecule has 2 unspecified atom stereocenters. The number of hydrogen-bond donors (Lipinski definition) is 2. The summed E-state index contributed by atoms with van der Waals surface area (Å²) in [5, 5.41) is 0. The molecule has 0 saturated carbocycles. The van der Waals surface area contributed by atoms with Gasteiger partial charge in [-0.25, -0.2) is 0 Å². The van der Waals surface area contributed by atoms with Crippen molar-refractivity contribution in [3.05, 3.63) is 25.3 Å². The van der Waals surface area contributed by atoms with Crippen molar-refractivity contribution in [3.8, 4) is 0 Å². The molecular formula is C7H12N2O. The summed E-state index contributed by atoms with van der Waals surface area (Å²) in [6, 6.07) is -1.35. The Morgan fingerprint density at radius 3 is 1.70 bits per heavy atom. The first-order valence-electron chi connectivity index (χ1n) is 2.93. The first kappa shape index (κ1) is 9.07. The average molecular weight is 140 g/mol. The number of rotatable bonds is 4. The summed E-state index contributed by atoms with van der Waals surface area (Å²) < 4.78 is 0. The van der Waals surface area contributed by atoms with Crippen molar-refractivity contribution < 1.29 is 4.79 Å². The molecule has 56 valence electrons. The number of carbonyl (C=O) groups is 1. The SMILES string of the molecule is C=CC(N)C(=O)C(N)C=C. The van der Waals surface area contributed by atoms with Crippen molar-refractivity contribution in [1.82, 2.24) is 0 Å². The van der Waals surface area contributed by atoms with Crippen LogP contribution in [0.5, 0.6) is 0 Å². The summed E-state index contributed by atoms with van der Waals surface area (Å²) in [7, 11) is 0. The van der Waals surface area contributed by atoms with E-state index < -0.39 is 12.1 Å².